The summed E-state index contributed by atoms with van der Waals surface area (Å²) >= 11 is 0. The van der Waals surface area contributed by atoms with Crippen LogP contribution in [0.3, 0.4) is 0 Å². The van der Waals surface area contributed by atoms with Crippen LogP contribution in [0.15, 0.2) is 30.3 Å². The molecule has 1 N–H and O–H groups in total. The predicted molar refractivity (Wildman–Crippen MR) is 72.9 cm³/mol. The second kappa shape index (κ2) is 7.46. The molecule has 0 aliphatic rings. The summed E-state index contributed by atoms with van der Waals surface area (Å²) in [6.45, 7) is 3.34. The minimum absolute atomic E-state index is 0.0187. The van der Waals surface area contributed by atoms with Gasteiger partial charge in [0, 0.05) is 17.9 Å². The third kappa shape index (κ3) is 5.04. The van der Waals surface area contributed by atoms with Gasteiger partial charge in [-0.15, -0.1) is 0 Å². The van der Waals surface area contributed by atoms with Crippen molar-refractivity contribution >= 4 is 17.5 Å². The maximum absolute atomic E-state index is 11.7. The summed E-state index contributed by atoms with van der Waals surface area (Å²) in [6, 6.07) is 8.72. The van der Waals surface area contributed by atoms with Crippen molar-refractivity contribution in [2.24, 2.45) is 5.92 Å². The van der Waals surface area contributed by atoms with Crippen LogP contribution in [0, 0.1) is 5.92 Å². The van der Waals surface area contributed by atoms with Crippen LogP contribution < -0.4 is 5.32 Å². The highest BCUT2D eigenvalue weighted by atomic mass is 16.2. The van der Waals surface area contributed by atoms with Crippen molar-refractivity contribution in [3.63, 3.8) is 0 Å². The zero-order valence-electron chi connectivity index (χ0n) is 11.3. The first-order valence-corrected chi connectivity index (χ1v) is 6.40. The van der Waals surface area contributed by atoms with Crippen LogP contribution in [0.25, 0.3) is 0 Å². The average molecular weight is 261 g/mol. The Morgan fingerprint density at radius 2 is 1.79 bits per heavy atom. The van der Waals surface area contributed by atoms with E-state index < -0.39 is 0 Å². The molecule has 0 aromatic heterocycles. The fourth-order valence-corrected chi connectivity index (χ4v) is 1.79. The second-order valence-corrected chi connectivity index (χ2v) is 4.51. The first-order chi connectivity index (χ1) is 9.04. The van der Waals surface area contributed by atoms with Gasteiger partial charge in [0.2, 0.25) is 0 Å². The molecule has 0 fully saturated rings. The first kappa shape index (κ1) is 15.1. The van der Waals surface area contributed by atoms with E-state index in [4.69, 9.17) is 0 Å². The fourth-order valence-electron chi connectivity index (χ4n) is 1.79. The highest BCUT2D eigenvalue weighted by Crippen LogP contribution is 2.09. The topological polar surface area (TPSA) is 63.2 Å². The number of benzene rings is 1. The van der Waals surface area contributed by atoms with E-state index in [9.17, 15) is 14.4 Å². The lowest BCUT2D eigenvalue weighted by atomic mass is 9.96. The third-order valence-electron chi connectivity index (χ3n) is 3.02. The Bertz CT molecular complexity index is 454. The maximum Gasteiger partial charge on any atom is 0.251 e. The number of Topliss-reactive ketones (excluding diaryl/α,β-unsaturated/α-hetero) is 2. The zero-order chi connectivity index (χ0) is 14.3. The highest BCUT2D eigenvalue weighted by molar-refractivity contribution is 5.97. The van der Waals surface area contributed by atoms with Gasteiger partial charge in [-0.1, -0.05) is 25.1 Å². The number of ketones is 2. The summed E-state index contributed by atoms with van der Waals surface area (Å²) in [5.41, 5.74) is 0.522. The number of hydrogen-bond donors (Lipinski definition) is 1. The number of amides is 1. The lowest BCUT2D eigenvalue weighted by molar-refractivity contribution is -0.126. The zero-order valence-corrected chi connectivity index (χ0v) is 11.3. The van der Waals surface area contributed by atoms with Crippen molar-refractivity contribution in [3.8, 4) is 0 Å². The van der Waals surface area contributed by atoms with Gasteiger partial charge in [0.1, 0.15) is 5.78 Å². The Balaban J connectivity index is 2.42. The summed E-state index contributed by atoms with van der Waals surface area (Å²) < 4.78 is 0. The van der Waals surface area contributed by atoms with Gasteiger partial charge >= 0.3 is 0 Å². The Kier molecular flexibility index (Phi) is 5.93. The molecule has 1 amide bonds. The van der Waals surface area contributed by atoms with Crippen molar-refractivity contribution in [3.05, 3.63) is 35.9 Å². The monoisotopic (exact) mass is 261 g/mol. The number of carbonyl (C=O) groups is 3. The Morgan fingerprint density at radius 1 is 1.16 bits per heavy atom. The number of carbonyl (C=O) groups excluding carboxylic acids is 3. The third-order valence-corrected chi connectivity index (χ3v) is 3.02. The van der Waals surface area contributed by atoms with Gasteiger partial charge < -0.3 is 5.32 Å². The van der Waals surface area contributed by atoms with Crippen LogP contribution in [0.4, 0.5) is 0 Å². The smallest absolute Gasteiger partial charge is 0.251 e. The van der Waals surface area contributed by atoms with E-state index in [0.29, 0.717) is 12.0 Å². The minimum atomic E-state index is -0.273. The van der Waals surface area contributed by atoms with Gasteiger partial charge in [-0.2, -0.15) is 0 Å². The van der Waals surface area contributed by atoms with Gasteiger partial charge in [-0.3, -0.25) is 14.4 Å². The predicted octanol–water partition coefficient (Wildman–Crippen LogP) is 1.99. The summed E-state index contributed by atoms with van der Waals surface area (Å²) in [7, 11) is 0. The minimum Gasteiger partial charge on any atom is -0.345 e. The van der Waals surface area contributed by atoms with Gasteiger partial charge in [-0.25, -0.2) is 0 Å². The summed E-state index contributed by atoms with van der Waals surface area (Å²) in [6.07, 6.45) is 0.842. The summed E-state index contributed by atoms with van der Waals surface area (Å²) in [5.74, 6) is -0.609. The Hall–Kier alpha value is -1.97. The van der Waals surface area contributed by atoms with Crippen molar-refractivity contribution in [2.75, 3.05) is 6.54 Å². The van der Waals surface area contributed by atoms with Crippen LogP contribution in [0.1, 0.15) is 37.0 Å². The van der Waals surface area contributed by atoms with Crippen LogP contribution in [-0.4, -0.2) is 24.0 Å². The molecule has 0 saturated carbocycles. The molecular formula is C15H19NO3. The van der Waals surface area contributed by atoms with E-state index in [0.717, 1.165) is 0 Å². The molecule has 19 heavy (non-hydrogen) atoms. The van der Waals surface area contributed by atoms with Crippen molar-refractivity contribution < 1.29 is 14.4 Å². The molecule has 0 saturated heterocycles. The molecule has 4 heteroatoms. The molecule has 0 spiro atoms. The first-order valence-electron chi connectivity index (χ1n) is 6.40. The molecule has 102 valence electrons. The van der Waals surface area contributed by atoms with Crippen LogP contribution in [-0.2, 0) is 9.59 Å². The van der Waals surface area contributed by atoms with E-state index in [1.807, 2.05) is 13.0 Å². The molecule has 1 rings (SSSR count). The molecule has 1 unspecified atom stereocenters. The summed E-state index contributed by atoms with van der Waals surface area (Å²) in [5, 5.41) is 2.57. The Morgan fingerprint density at radius 3 is 2.32 bits per heavy atom. The van der Waals surface area contributed by atoms with Gasteiger partial charge in [0.05, 0.1) is 6.54 Å². The number of hydrogen-bond acceptors (Lipinski definition) is 3. The van der Waals surface area contributed by atoms with Crippen LogP contribution in [0.5, 0.6) is 0 Å². The normalized spacial score (nSPS) is 11.7. The molecule has 0 aliphatic carbocycles. The lowest BCUT2D eigenvalue weighted by Crippen LogP contribution is -2.31. The molecule has 4 nitrogen and oxygen atoms in total. The van der Waals surface area contributed by atoms with E-state index >= 15 is 0 Å². The molecule has 0 radical (unpaired) electrons. The lowest BCUT2D eigenvalue weighted by Gasteiger charge is -2.10. The second-order valence-electron chi connectivity index (χ2n) is 4.51. The standard InChI is InChI=1S/C15H19NO3/c1-3-12(11(2)17)9-14(18)10-16-15(19)13-7-5-4-6-8-13/h4-8,12H,3,9-10H2,1-2H3,(H,16,19). The van der Waals surface area contributed by atoms with Gasteiger partial charge in [0.15, 0.2) is 5.78 Å². The van der Waals surface area contributed by atoms with Crippen LogP contribution in [0.2, 0.25) is 0 Å². The van der Waals surface area contributed by atoms with Crippen molar-refractivity contribution in [2.45, 2.75) is 26.7 Å². The average Bonchev–Trinajstić information content (AvgIpc) is 2.42. The maximum atomic E-state index is 11.7. The molecule has 0 aliphatic heterocycles. The molecule has 0 bridgehead atoms. The van der Waals surface area contributed by atoms with E-state index in [1.54, 1.807) is 24.3 Å². The largest absolute Gasteiger partial charge is 0.345 e. The van der Waals surface area contributed by atoms with E-state index in [-0.39, 0.29) is 36.4 Å². The van der Waals surface area contributed by atoms with E-state index in [2.05, 4.69) is 5.32 Å². The fraction of sp³-hybridized carbons (Fsp3) is 0.400. The van der Waals surface area contributed by atoms with Crippen molar-refractivity contribution in [1.29, 1.82) is 0 Å². The van der Waals surface area contributed by atoms with Gasteiger partial charge in [-0.05, 0) is 25.5 Å². The number of nitrogens with one attached hydrogen (secondary N) is 1. The molecular weight excluding hydrogens is 242 g/mol. The van der Waals surface area contributed by atoms with Crippen LogP contribution >= 0.6 is 0 Å². The number of rotatable bonds is 7. The van der Waals surface area contributed by atoms with E-state index in [1.165, 1.54) is 6.92 Å². The SMILES string of the molecule is CCC(CC(=O)CNC(=O)c1ccccc1)C(C)=O. The molecule has 1 aromatic carbocycles. The quantitative estimate of drug-likeness (QED) is 0.816. The Labute approximate surface area is 113 Å². The molecule has 1 atom stereocenters. The van der Waals surface area contributed by atoms with Crippen molar-refractivity contribution in [1.82, 2.24) is 5.32 Å². The van der Waals surface area contributed by atoms with Gasteiger partial charge in [0.25, 0.3) is 5.91 Å². The highest BCUT2D eigenvalue weighted by Gasteiger charge is 2.16. The summed E-state index contributed by atoms with van der Waals surface area (Å²) in [4.78, 5) is 34.6. The molecule has 1 aromatic rings. The molecule has 0 heterocycles.